The first-order valence-electron chi connectivity index (χ1n) is 9.44. The van der Waals surface area contributed by atoms with Gasteiger partial charge in [0, 0.05) is 13.0 Å². The van der Waals surface area contributed by atoms with Gasteiger partial charge in [0.2, 0.25) is 5.91 Å². The summed E-state index contributed by atoms with van der Waals surface area (Å²) in [5.74, 6) is 2.59. The summed E-state index contributed by atoms with van der Waals surface area (Å²) in [7, 11) is 0. The molecule has 1 aliphatic carbocycles. The zero-order chi connectivity index (χ0) is 17.4. The second kappa shape index (κ2) is 6.68. The molecule has 0 radical (unpaired) electrons. The molecule has 3 aliphatic rings. The third-order valence-electron chi connectivity index (χ3n) is 5.54. The fraction of sp³-hybridized carbons (Fsp3) is 0.833. The molecule has 1 aromatic heterocycles. The van der Waals surface area contributed by atoms with Crippen LogP contribution in [0.4, 0.5) is 0 Å². The van der Waals surface area contributed by atoms with Crippen LogP contribution >= 0.6 is 0 Å². The minimum absolute atomic E-state index is 0.0990. The Bertz CT molecular complexity index is 642. The minimum atomic E-state index is -0.357. The molecule has 3 heterocycles. The molecule has 1 spiro atoms. The van der Waals surface area contributed by atoms with Crippen LogP contribution in [0.15, 0.2) is 0 Å². The lowest BCUT2D eigenvalue weighted by Gasteiger charge is -2.32. The maximum absolute atomic E-state index is 12.6. The van der Waals surface area contributed by atoms with Crippen molar-refractivity contribution in [3.05, 3.63) is 11.6 Å². The SMILES string of the molecule is Cc1nc(C)n(C[C@@H]2CC[C@]3(COCCN(C(=O)CC4CC4)C3)O2)n1. The molecule has 0 aromatic carbocycles. The quantitative estimate of drug-likeness (QED) is 0.824. The largest absolute Gasteiger partial charge is 0.377 e. The van der Waals surface area contributed by atoms with E-state index in [2.05, 4.69) is 10.1 Å². The Labute approximate surface area is 148 Å². The minimum Gasteiger partial charge on any atom is -0.377 e. The highest BCUT2D eigenvalue weighted by atomic mass is 16.6. The topological polar surface area (TPSA) is 69.5 Å². The molecule has 4 rings (SSSR count). The number of nitrogens with zero attached hydrogens (tertiary/aromatic N) is 4. The molecule has 0 N–H and O–H groups in total. The molecule has 138 valence electrons. The second-order valence-corrected chi connectivity index (χ2v) is 7.87. The first kappa shape index (κ1) is 17.0. The van der Waals surface area contributed by atoms with E-state index >= 15 is 0 Å². The van der Waals surface area contributed by atoms with Gasteiger partial charge in [0.05, 0.1) is 32.4 Å². The smallest absolute Gasteiger partial charge is 0.223 e. The summed E-state index contributed by atoms with van der Waals surface area (Å²) in [6, 6.07) is 0. The molecule has 1 aromatic rings. The number of amides is 1. The molecule has 25 heavy (non-hydrogen) atoms. The zero-order valence-corrected chi connectivity index (χ0v) is 15.2. The van der Waals surface area contributed by atoms with E-state index in [1.54, 1.807) is 0 Å². The van der Waals surface area contributed by atoms with Crippen LogP contribution < -0.4 is 0 Å². The molecule has 2 aliphatic heterocycles. The monoisotopic (exact) mass is 348 g/mol. The van der Waals surface area contributed by atoms with Gasteiger partial charge in [0.1, 0.15) is 17.2 Å². The Hall–Kier alpha value is -1.47. The van der Waals surface area contributed by atoms with Crippen molar-refractivity contribution in [2.24, 2.45) is 5.92 Å². The van der Waals surface area contributed by atoms with Crippen molar-refractivity contribution in [1.29, 1.82) is 0 Å². The van der Waals surface area contributed by atoms with E-state index in [-0.39, 0.29) is 17.6 Å². The van der Waals surface area contributed by atoms with Crippen molar-refractivity contribution in [2.45, 2.75) is 64.2 Å². The highest BCUT2D eigenvalue weighted by molar-refractivity contribution is 5.76. The Balaban J connectivity index is 1.40. The Morgan fingerprint density at radius 1 is 1.32 bits per heavy atom. The van der Waals surface area contributed by atoms with Crippen molar-refractivity contribution in [3.63, 3.8) is 0 Å². The number of carbonyl (C=O) groups is 1. The molecule has 7 nitrogen and oxygen atoms in total. The van der Waals surface area contributed by atoms with Crippen LogP contribution in [0, 0.1) is 19.8 Å². The second-order valence-electron chi connectivity index (χ2n) is 7.87. The summed E-state index contributed by atoms with van der Waals surface area (Å²) < 4.78 is 14.2. The van der Waals surface area contributed by atoms with Gasteiger partial charge in [0.25, 0.3) is 0 Å². The molecule has 0 unspecified atom stereocenters. The summed E-state index contributed by atoms with van der Waals surface area (Å²) in [4.78, 5) is 18.9. The summed E-state index contributed by atoms with van der Waals surface area (Å²) in [5.41, 5.74) is -0.357. The summed E-state index contributed by atoms with van der Waals surface area (Å²) >= 11 is 0. The van der Waals surface area contributed by atoms with Gasteiger partial charge in [-0.3, -0.25) is 4.79 Å². The molecule has 7 heteroatoms. The van der Waals surface area contributed by atoms with Crippen LogP contribution in [0.1, 0.15) is 43.8 Å². The lowest BCUT2D eigenvalue weighted by atomic mass is 10.00. The van der Waals surface area contributed by atoms with Crippen LogP contribution in [0.3, 0.4) is 0 Å². The van der Waals surface area contributed by atoms with E-state index in [1.807, 2.05) is 23.4 Å². The third kappa shape index (κ3) is 3.87. The Morgan fingerprint density at radius 3 is 2.88 bits per heavy atom. The van der Waals surface area contributed by atoms with Crippen molar-refractivity contribution in [3.8, 4) is 0 Å². The third-order valence-corrected chi connectivity index (χ3v) is 5.54. The van der Waals surface area contributed by atoms with E-state index < -0.39 is 0 Å². The van der Waals surface area contributed by atoms with Crippen LogP contribution in [-0.4, -0.2) is 63.6 Å². The van der Waals surface area contributed by atoms with E-state index in [4.69, 9.17) is 9.47 Å². The number of rotatable bonds is 4. The van der Waals surface area contributed by atoms with E-state index in [0.29, 0.717) is 45.2 Å². The molecule has 1 saturated carbocycles. The molecule has 2 atom stereocenters. The lowest BCUT2D eigenvalue weighted by molar-refractivity contribution is -0.136. The molecular formula is C18H28N4O3. The first-order valence-corrected chi connectivity index (χ1v) is 9.44. The van der Waals surface area contributed by atoms with Gasteiger partial charge in [0.15, 0.2) is 0 Å². The molecule has 1 amide bonds. The molecule has 3 fully saturated rings. The standard InChI is InChI=1S/C18H28N4O3/c1-13-19-14(2)22(20-13)10-16-5-6-18(25-16)11-21(7-8-24-12-18)17(23)9-15-3-4-15/h15-16H,3-12H2,1-2H3/t16-,18-/m0/s1. The van der Waals surface area contributed by atoms with E-state index in [9.17, 15) is 4.79 Å². The number of aryl methyl sites for hydroxylation is 2. The summed E-state index contributed by atoms with van der Waals surface area (Å²) in [5, 5.41) is 4.44. The van der Waals surface area contributed by atoms with Crippen molar-refractivity contribution in [1.82, 2.24) is 19.7 Å². The normalized spacial score (nSPS) is 30.0. The number of hydrogen-bond donors (Lipinski definition) is 0. The van der Waals surface area contributed by atoms with Gasteiger partial charge in [-0.1, -0.05) is 0 Å². The average molecular weight is 348 g/mol. The van der Waals surface area contributed by atoms with Crippen LogP contribution in [0.2, 0.25) is 0 Å². The lowest BCUT2D eigenvalue weighted by Crippen LogP contribution is -2.47. The number of aromatic nitrogens is 3. The van der Waals surface area contributed by atoms with Crippen molar-refractivity contribution >= 4 is 5.91 Å². The predicted molar refractivity (Wildman–Crippen MR) is 91.1 cm³/mol. The van der Waals surface area contributed by atoms with Crippen LogP contribution in [-0.2, 0) is 20.8 Å². The van der Waals surface area contributed by atoms with Gasteiger partial charge < -0.3 is 14.4 Å². The van der Waals surface area contributed by atoms with Gasteiger partial charge in [-0.15, -0.1) is 0 Å². The highest BCUT2D eigenvalue weighted by Gasteiger charge is 2.44. The van der Waals surface area contributed by atoms with E-state index in [1.165, 1.54) is 12.8 Å². The predicted octanol–water partition coefficient (Wildman–Crippen LogP) is 1.47. The summed E-state index contributed by atoms with van der Waals surface area (Å²) in [6.07, 6.45) is 5.09. The van der Waals surface area contributed by atoms with Crippen LogP contribution in [0.5, 0.6) is 0 Å². The maximum Gasteiger partial charge on any atom is 0.223 e. The summed E-state index contributed by atoms with van der Waals surface area (Å²) in [6.45, 7) is 7.11. The van der Waals surface area contributed by atoms with Crippen molar-refractivity contribution in [2.75, 3.05) is 26.3 Å². The van der Waals surface area contributed by atoms with Crippen molar-refractivity contribution < 1.29 is 14.3 Å². The molecular weight excluding hydrogens is 320 g/mol. The van der Waals surface area contributed by atoms with Gasteiger partial charge in [-0.25, -0.2) is 9.67 Å². The average Bonchev–Trinajstić information content (AvgIpc) is 3.25. The number of ether oxygens (including phenoxy) is 2. The van der Waals surface area contributed by atoms with Gasteiger partial charge >= 0.3 is 0 Å². The Morgan fingerprint density at radius 2 is 2.16 bits per heavy atom. The highest BCUT2D eigenvalue weighted by Crippen LogP contribution is 2.36. The van der Waals surface area contributed by atoms with E-state index in [0.717, 1.165) is 24.5 Å². The molecule has 0 bridgehead atoms. The number of carbonyl (C=O) groups excluding carboxylic acids is 1. The molecule has 2 saturated heterocycles. The maximum atomic E-state index is 12.6. The Kier molecular flexibility index (Phi) is 4.54. The fourth-order valence-electron chi connectivity index (χ4n) is 3.99. The first-order chi connectivity index (χ1) is 12.0. The zero-order valence-electron chi connectivity index (χ0n) is 15.2. The van der Waals surface area contributed by atoms with Gasteiger partial charge in [-0.2, -0.15) is 5.10 Å². The van der Waals surface area contributed by atoms with Gasteiger partial charge in [-0.05, 0) is 45.4 Å². The van der Waals surface area contributed by atoms with Crippen LogP contribution in [0.25, 0.3) is 0 Å². The fourth-order valence-corrected chi connectivity index (χ4v) is 3.99. The number of hydrogen-bond acceptors (Lipinski definition) is 5.